The van der Waals surface area contributed by atoms with Crippen LogP contribution in [0.4, 0.5) is 0 Å². The molecule has 1 aromatic heterocycles. The van der Waals surface area contributed by atoms with Gasteiger partial charge in [-0.2, -0.15) is 0 Å². The molecule has 2 aliphatic rings. The number of nitrogens with zero attached hydrogens (tertiary/aromatic N) is 1. The number of carbonyl (C=O) groups excluding carboxylic acids is 1. The van der Waals surface area contributed by atoms with E-state index in [1.807, 2.05) is 4.57 Å². The number of rotatable bonds is 3. The van der Waals surface area contributed by atoms with Crippen molar-refractivity contribution in [2.45, 2.75) is 24.8 Å². The van der Waals surface area contributed by atoms with E-state index in [-0.39, 0.29) is 28.5 Å². The predicted molar refractivity (Wildman–Crippen MR) is 72.5 cm³/mol. The molecule has 0 bridgehead atoms. The van der Waals surface area contributed by atoms with Gasteiger partial charge in [-0.25, -0.2) is 0 Å². The molecule has 0 aromatic carbocycles. The van der Waals surface area contributed by atoms with Crippen molar-refractivity contribution in [3.05, 3.63) is 27.7 Å². The molecule has 3 heterocycles. The van der Waals surface area contributed by atoms with Crippen molar-refractivity contribution in [3.8, 4) is 5.75 Å². The molecule has 1 amide bonds. The van der Waals surface area contributed by atoms with Crippen molar-refractivity contribution < 1.29 is 14.3 Å². The zero-order valence-corrected chi connectivity index (χ0v) is 11.9. The maximum atomic E-state index is 12.2. The van der Waals surface area contributed by atoms with Crippen LogP contribution in [0.1, 0.15) is 35.4 Å². The van der Waals surface area contributed by atoms with Gasteiger partial charge in [-0.15, -0.1) is 0 Å². The van der Waals surface area contributed by atoms with Gasteiger partial charge in [0.15, 0.2) is 11.4 Å². The minimum absolute atomic E-state index is 0.112. The zero-order chi connectivity index (χ0) is 14.5. The van der Waals surface area contributed by atoms with Crippen molar-refractivity contribution in [2.24, 2.45) is 0 Å². The van der Waals surface area contributed by atoms with Gasteiger partial charge < -0.3 is 19.4 Å². The van der Waals surface area contributed by atoms with E-state index in [9.17, 15) is 9.59 Å². The SMILES string of the molecule is COCC12CNC(=O)c3c(OC)c(=O)cc(n31)C(C)C2. The Bertz CT molecular complexity index is 637. The predicted octanol–water partition coefficient (Wildman–Crippen LogP) is 0.449. The molecule has 6 heteroatoms. The third kappa shape index (κ3) is 1.54. The number of ether oxygens (including phenoxy) is 2. The van der Waals surface area contributed by atoms with Crippen LogP contribution in [-0.2, 0) is 10.3 Å². The molecule has 6 nitrogen and oxygen atoms in total. The summed E-state index contributed by atoms with van der Waals surface area (Å²) in [4.78, 5) is 24.3. The van der Waals surface area contributed by atoms with E-state index in [2.05, 4.69) is 12.2 Å². The summed E-state index contributed by atoms with van der Waals surface area (Å²) in [5.41, 5.74) is 0.638. The lowest BCUT2D eigenvalue weighted by molar-refractivity contribution is 0.0638. The highest BCUT2D eigenvalue weighted by Crippen LogP contribution is 2.43. The molecule has 0 aliphatic carbocycles. The average molecular weight is 278 g/mol. The first-order valence-corrected chi connectivity index (χ1v) is 6.65. The molecule has 0 radical (unpaired) electrons. The molecule has 3 rings (SSSR count). The Morgan fingerprint density at radius 3 is 2.85 bits per heavy atom. The minimum atomic E-state index is -0.326. The molecule has 20 heavy (non-hydrogen) atoms. The van der Waals surface area contributed by atoms with Crippen molar-refractivity contribution >= 4 is 5.91 Å². The van der Waals surface area contributed by atoms with Gasteiger partial charge in [0.2, 0.25) is 5.43 Å². The highest BCUT2D eigenvalue weighted by molar-refractivity contribution is 5.96. The van der Waals surface area contributed by atoms with Crippen LogP contribution in [0.3, 0.4) is 0 Å². The summed E-state index contributed by atoms with van der Waals surface area (Å²) in [6.07, 6.45) is 0.834. The summed E-state index contributed by atoms with van der Waals surface area (Å²) < 4.78 is 12.5. The van der Waals surface area contributed by atoms with Crippen LogP contribution in [0.25, 0.3) is 0 Å². The normalized spacial score (nSPS) is 27.1. The number of aromatic nitrogens is 1. The average Bonchev–Trinajstić information content (AvgIpc) is 2.68. The fourth-order valence-electron chi connectivity index (χ4n) is 3.58. The number of carbonyl (C=O) groups is 1. The largest absolute Gasteiger partial charge is 0.491 e. The third-order valence-corrected chi connectivity index (χ3v) is 4.28. The Hall–Kier alpha value is -1.82. The zero-order valence-electron chi connectivity index (χ0n) is 11.9. The van der Waals surface area contributed by atoms with E-state index < -0.39 is 0 Å². The lowest BCUT2D eigenvalue weighted by Gasteiger charge is -2.37. The highest BCUT2D eigenvalue weighted by Gasteiger charge is 2.48. The van der Waals surface area contributed by atoms with E-state index in [0.717, 1.165) is 12.1 Å². The molecular formula is C14H18N2O4. The molecule has 2 atom stereocenters. The van der Waals surface area contributed by atoms with Gasteiger partial charge in [0.25, 0.3) is 5.91 Å². The maximum Gasteiger partial charge on any atom is 0.272 e. The summed E-state index contributed by atoms with van der Waals surface area (Å²) in [6, 6.07) is 1.59. The molecule has 1 aromatic rings. The lowest BCUT2D eigenvalue weighted by Crippen LogP contribution is -2.53. The van der Waals surface area contributed by atoms with Crippen molar-refractivity contribution in [1.82, 2.24) is 9.88 Å². The van der Waals surface area contributed by atoms with E-state index in [1.165, 1.54) is 7.11 Å². The third-order valence-electron chi connectivity index (χ3n) is 4.28. The Balaban J connectivity index is 2.35. The van der Waals surface area contributed by atoms with Crippen LogP contribution in [0.2, 0.25) is 0 Å². The maximum absolute atomic E-state index is 12.2. The molecule has 0 fully saturated rings. The van der Waals surface area contributed by atoms with Crippen LogP contribution in [0, 0.1) is 0 Å². The number of pyridine rings is 1. The van der Waals surface area contributed by atoms with Crippen molar-refractivity contribution in [1.29, 1.82) is 0 Å². The number of amides is 1. The number of nitrogens with one attached hydrogen (secondary N) is 1. The second kappa shape index (κ2) is 4.34. The minimum Gasteiger partial charge on any atom is -0.491 e. The van der Waals surface area contributed by atoms with Crippen LogP contribution in [0.5, 0.6) is 5.75 Å². The summed E-state index contributed by atoms with van der Waals surface area (Å²) >= 11 is 0. The van der Waals surface area contributed by atoms with Crippen LogP contribution < -0.4 is 15.5 Å². The number of methoxy groups -OCH3 is 2. The lowest BCUT2D eigenvalue weighted by atomic mass is 9.91. The second-order valence-electron chi connectivity index (χ2n) is 5.60. The Kier molecular flexibility index (Phi) is 2.86. The van der Waals surface area contributed by atoms with Crippen LogP contribution in [-0.4, -0.2) is 37.8 Å². The van der Waals surface area contributed by atoms with Crippen molar-refractivity contribution in [2.75, 3.05) is 27.4 Å². The first kappa shape index (κ1) is 13.2. The van der Waals surface area contributed by atoms with E-state index >= 15 is 0 Å². The van der Waals surface area contributed by atoms with Gasteiger partial charge in [0, 0.05) is 25.4 Å². The van der Waals surface area contributed by atoms with Crippen molar-refractivity contribution in [3.63, 3.8) is 0 Å². The molecule has 2 unspecified atom stereocenters. The smallest absolute Gasteiger partial charge is 0.272 e. The summed E-state index contributed by atoms with van der Waals surface area (Å²) in [6.45, 7) is 3.06. The van der Waals surface area contributed by atoms with Gasteiger partial charge in [-0.05, 0) is 12.3 Å². The molecule has 2 aliphatic heterocycles. The summed E-state index contributed by atoms with van der Waals surface area (Å²) in [5, 5.41) is 2.86. The van der Waals surface area contributed by atoms with Gasteiger partial charge in [-0.1, -0.05) is 6.92 Å². The van der Waals surface area contributed by atoms with E-state index in [1.54, 1.807) is 13.2 Å². The first-order valence-electron chi connectivity index (χ1n) is 6.65. The van der Waals surface area contributed by atoms with Crippen LogP contribution in [0.15, 0.2) is 10.9 Å². The van der Waals surface area contributed by atoms with Crippen LogP contribution >= 0.6 is 0 Å². The number of hydrogen-bond acceptors (Lipinski definition) is 4. The quantitative estimate of drug-likeness (QED) is 0.871. The molecule has 0 spiro atoms. The van der Waals surface area contributed by atoms with Gasteiger partial charge in [-0.3, -0.25) is 9.59 Å². The van der Waals surface area contributed by atoms with Gasteiger partial charge >= 0.3 is 0 Å². The summed E-state index contributed by atoms with van der Waals surface area (Å²) in [5.74, 6) is 0.0531. The Morgan fingerprint density at radius 2 is 2.20 bits per heavy atom. The molecule has 0 saturated heterocycles. The molecular weight excluding hydrogens is 260 g/mol. The first-order chi connectivity index (χ1) is 9.54. The topological polar surface area (TPSA) is 69.6 Å². The van der Waals surface area contributed by atoms with Gasteiger partial charge in [0.05, 0.1) is 19.3 Å². The van der Waals surface area contributed by atoms with E-state index in [0.29, 0.717) is 18.8 Å². The molecule has 1 N–H and O–H groups in total. The molecule has 108 valence electrons. The molecule has 0 saturated carbocycles. The Morgan fingerprint density at radius 1 is 1.45 bits per heavy atom. The standard InChI is InChI=1S/C14H18N2O4/c1-8-5-14(7-19-2)6-15-13(18)11-12(20-3)10(17)4-9(8)16(11)14/h4,8H,5-7H2,1-3H3,(H,15,18). The number of hydrogen-bond donors (Lipinski definition) is 1. The van der Waals surface area contributed by atoms with E-state index in [4.69, 9.17) is 9.47 Å². The van der Waals surface area contributed by atoms with Gasteiger partial charge in [0.1, 0.15) is 0 Å². The highest BCUT2D eigenvalue weighted by atomic mass is 16.5. The second-order valence-corrected chi connectivity index (χ2v) is 5.60. The fourth-order valence-corrected chi connectivity index (χ4v) is 3.58. The summed E-state index contributed by atoms with van der Waals surface area (Å²) in [7, 11) is 3.06. The monoisotopic (exact) mass is 278 g/mol. The Labute approximate surface area is 116 Å². The fraction of sp³-hybridized carbons (Fsp3) is 0.571.